The van der Waals surface area contributed by atoms with Crippen molar-refractivity contribution in [3.8, 4) is 0 Å². The minimum absolute atomic E-state index is 0.373. The van der Waals surface area contributed by atoms with Crippen molar-refractivity contribution in [2.45, 2.75) is 32.1 Å². The van der Waals surface area contributed by atoms with Crippen LogP contribution in [0.15, 0.2) is 0 Å². The van der Waals surface area contributed by atoms with Gasteiger partial charge in [0.25, 0.3) is 5.91 Å². The van der Waals surface area contributed by atoms with Crippen LogP contribution < -0.4 is 0 Å². The lowest BCUT2D eigenvalue weighted by Crippen LogP contribution is -2.37. The highest BCUT2D eigenvalue weighted by Crippen LogP contribution is 2.32. The third-order valence-electron chi connectivity index (χ3n) is 2.24. The summed E-state index contributed by atoms with van der Waals surface area (Å²) in [5, 5.41) is -0.678. The summed E-state index contributed by atoms with van der Waals surface area (Å²) >= 11 is 11.3. The van der Waals surface area contributed by atoms with Crippen molar-refractivity contribution in [3.63, 3.8) is 0 Å². The predicted octanol–water partition coefficient (Wildman–Crippen LogP) is 1.92. The van der Waals surface area contributed by atoms with E-state index in [2.05, 4.69) is 0 Å². The Hall–Kier alpha value is -0.280. The fraction of sp³-hybridized carbons (Fsp3) is 0.750. The van der Waals surface area contributed by atoms with Crippen LogP contribution in [0.5, 0.6) is 0 Å². The molecule has 1 unspecified atom stereocenters. The van der Waals surface area contributed by atoms with E-state index in [9.17, 15) is 9.59 Å². The minimum atomic E-state index is -0.678. The maximum atomic E-state index is 11.5. The van der Waals surface area contributed by atoms with E-state index in [0.29, 0.717) is 17.3 Å². The van der Waals surface area contributed by atoms with E-state index < -0.39 is 16.7 Å². The Morgan fingerprint density at radius 3 is 2.54 bits per heavy atom. The van der Waals surface area contributed by atoms with Crippen molar-refractivity contribution in [1.29, 1.82) is 0 Å². The van der Waals surface area contributed by atoms with Gasteiger partial charge in [0, 0.05) is 17.2 Å². The van der Waals surface area contributed by atoms with Gasteiger partial charge in [0.15, 0.2) is 0 Å². The number of hydrogen-bond donors (Lipinski definition) is 0. The van der Waals surface area contributed by atoms with Crippen LogP contribution >= 0.6 is 23.4 Å². The number of amides is 2. The molecule has 2 amide bonds. The molecule has 13 heavy (non-hydrogen) atoms. The zero-order valence-electron chi connectivity index (χ0n) is 7.51. The van der Waals surface area contributed by atoms with E-state index in [-0.39, 0.29) is 5.91 Å². The Morgan fingerprint density at radius 2 is 2.00 bits per heavy atom. The number of carbonyl (C=O) groups is 2. The van der Waals surface area contributed by atoms with Gasteiger partial charge in [-0.2, -0.15) is 4.42 Å². The third-order valence-corrected chi connectivity index (χ3v) is 2.97. The number of imide groups is 1. The minimum Gasteiger partial charge on any atom is -0.272 e. The summed E-state index contributed by atoms with van der Waals surface area (Å²) in [7, 11) is 0. The molecule has 74 valence electrons. The first-order chi connectivity index (χ1) is 5.86. The molecule has 0 radical (unpaired) electrons. The highest BCUT2D eigenvalue weighted by molar-refractivity contribution is 6.39. The van der Waals surface area contributed by atoms with Crippen LogP contribution in [0.1, 0.15) is 26.7 Å². The van der Waals surface area contributed by atoms with Gasteiger partial charge in [-0.05, 0) is 12.8 Å². The normalized spacial score (nSPS) is 28.9. The van der Waals surface area contributed by atoms with Crippen LogP contribution in [0.2, 0.25) is 0 Å². The molecule has 1 aliphatic rings. The molecule has 0 aliphatic carbocycles. The largest absolute Gasteiger partial charge is 0.272 e. The average molecular weight is 224 g/mol. The summed E-state index contributed by atoms with van der Waals surface area (Å²) in [5.74, 6) is -0.888. The quantitative estimate of drug-likeness (QED) is 0.358. The Morgan fingerprint density at radius 1 is 1.46 bits per heavy atom. The predicted molar refractivity (Wildman–Crippen MR) is 50.4 cm³/mol. The molecule has 1 aliphatic heterocycles. The van der Waals surface area contributed by atoms with Gasteiger partial charge in [-0.15, -0.1) is 11.6 Å². The molecule has 3 nitrogen and oxygen atoms in total. The van der Waals surface area contributed by atoms with E-state index in [1.54, 1.807) is 13.8 Å². The topological polar surface area (TPSA) is 37.4 Å². The molecule has 0 saturated carbocycles. The summed E-state index contributed by atoms with van der Waals surface area (Å²) in [6.07, 6.45) is 1.07. The fourth-order valence-corrected chi connectivity index (χ4v) is 1.81. The van der Waals surface area contributed by atoms with Gasteiger partial charge in [-0.3, -0.25) is 9.59 Å². The maximum Gasteiger partial charge on any atom is 0.262 e. The highest BCUT2D eigenvalue weighted by atomic mass is 35.5. The number of nitrogens with zero attached hydrogens (tertiary/aromatic N) is 1. The molecule has 0 N–H and O–H groups in total. The van der Waals surface area contributed by atoms with E-state index in [0.717, 1.165) is 0 Å². The fourth-order valence-electron chi connectivity index (χ4n) is 1.21. The van der Waals surface area contributed by atoms with E-state index >= 15 is 0 Å². The summed E-state index contributed by atoms with van der Waals surface area (Å²) in [6.45, 7) is 3.51. The average Bonchev–Trinajstić information content (AvgIpc) is 2.13. The van der Waals surface area contributed by atoms with Gasteiger partial charge in [-0.1, -0.05) is 13.8 Å². The second-order valence-electron chi connectivity index (χ2n) is 3.81. The molecule has 1 atom stereocenters. The lowest BCUT2D eigenvalue weighted by Gasteiger charge is -2.21. The van der Waals surface area contributed by atoms with E-state index in [1.807, 2.05) is 0 Å². The molecule has 0 aromatic rings. The molecule has 1 saturated heterocycles. The van der Waals surface area contributed by atoms with Crippen LogP contribution in [0.4, 0.5) is 0 Å². The standard InChI is InChI=1S/C8H11Cl2NO2/c1-8(2)4-3-5(9)6(12)11(10)7(8)13/h5H,3-4H2,1-2H3. The van der Waals surface area contributed by atoms with Crippen LogP contribution in [-0.2, 0) is 9.59 Å². The monoisotopic (exact) mass is 223 g/mol. The first-order valence-electron chi connectivity index (χ1n) is 4.04. The van der Waals surface area contributed by atoms with Gasteiger partial charge in [0.2, 0.25) is 5.91 Å². The second-order valence-corrected chi connectivity index (χ2v) is 4.68. The molecule has 0 aromatic heterocycles. The molecule has 0 aromatic carbocycles. The first kappa shape index (κ1) is 10.8. The second kappa shape index (κ2) is 3.46. The third kappa shape index (κ3) is 1.97. The Balaban J connectivity index is 2.96. The highest BCUT2D eigenvalue weighted by Gasteiger charge is 2.40. The van der Waals surface area contributed by atoms with Gasteiger partial charge < -0.3 is 0 Å². The van der Waals surface area contributed by atoms with Crippen molar-refractivity contribution in [2.75, 3.05) is 0 Å². The van der Waals surface area contributed by atoms with E-state index in [1.165, 1.54) is 0 Å². The summed E-state index contributed by atoms with van der Waals surface area (Å²) in [6, 6.07) is 0. The number of rotatable bonds is 0. The molecule has 1 heterocycles. The number of carbonyl (C=O) groups excluding carboxylic acids is 2. The van der Waals surface area contributed by atoms with Gasteiger partial charge in [-0.25, -0.2) is 0 Å². The molecule has 0 bridgehead atoms. The summed E-state index contributed by atoms with van der Waals surface area (Å²) < 4.78 is 0.616. The number of alkyl halides is 1. The Bertz CT molecular complexity index is 253. The number of hydrogen-bond acceptors (Lipinski definition) is 2. The van der Waals surface area contributed by atoms with Crippen LogP contribution in [-0.4, -0.2) is 21.6 Å². The van der Waals surface area contributed by atoms with Gasteiger partial charge >= 0.3 is 0 Å². The Labute approximate surface area is 87.1 Å². The van der Waals surface area contributed by atoms with Crippen molar-refractivity contribution < 1.29 is 9.59 Å². The zero-order chi connectivity index (χ0) is 10.2. The lowest BCUT2D eigenvalue weighted by atomic mass is 9.87. The smallest absolute Gasteiger partial charge is 0.262 e. The van der Waals surface area contributed by atoms with Crippen molar-refractivity contribution in [1.82, 2.24) is 4.42 Å². The van der Waals surface area contributed by atoms with Crippen LogP contribution in [0.25, 0.3) is 0 Å². The Kier molecular flexibility index (Phi) is 2.88. The molecule has 5 heteroatoms. The van der Waals surface area contributed by atoms with Gasteiger partial charge in [0.1, 0.15) is 5.38 Å². The molecule has 1 fully saturated rings. The summed E-state index contributed by atoms with van der Waals surface area (Å²) in [5.41, 5.74) is -0.596. The summed E-state index contributed by atoms with van der Waals surface area (Å²) in [4.78, 5) is 22.8. The van der Waals surface area contributed by atoms with Crippen molar-refractivity contribution in [3.05, 3.63) is 0 Å². The van der Waals surface area contributed by atoms with Crippen molar-refractivity contribution in [2.24, 2.45) is 5.41 Å². The maximum absolute atomic E-state index is 11.5. The molecule has 1 rings (SSSR count). The molecular weight excluding hydrogens is 213 g/mol. The lowest BCUT2D eigenvalue weighted by molar-refractivity contribution is -0.142. The SMILES string of the molecule is CC1(C)CCC(Cl)C(=O)N(Cl)C1=O. The zero-order valence-corrected chi connectivity index (χ0v) is 9.02. The first-order valence-corrected chi connectivity index (χ1v) is 4.82. The van der Waals surface area contributed by atoms with Crippen LogP contribution in [0, 0.1) is 5.41 Å². The van der Waals surface area contributed by atoms with Crippen molar-refractivity contribution >= 4 is 35.2 Å². The van der Waals surface area contributed by atoms with E-state index in [4.69, 9.17) is 23.4 Å². The number of halogens is 2. The molecular formula is C8H11Cl2NO2. The van der Waals surface area contributed by atoms with Crippen LogP contribution in [0.3, 0.4) is 0 Å². The molecule has 0 spiro atoms. The van der Waals surface area contributed by atoms with Gasteiger partial charge in [0.05, 0.1) is 0 Å².